The number of esters is 1. The van der Waals surface area contributed by atoms with Gasteiger partial charge in [0.2, 0.25) is 10.0 Å². The normalized spacial score (nSPS) is 24.2. The van der Waals surface area contributed by atoms with E-state index >= 15 is 0 Å². The SMILES string of the molecule is COC(=O)C1(c2ccc(S(=O)(=O)N3CCNC(C)C3)cc2)CC1. The number of hydrogen-bond donors (Lipinski definition) is 1. The molecule has 1 unspecified atom stereocenters. The summed E-state index contributed by atoms with van der Waals surface area (Å²) in [5.74, 6) is -0.246. The van der Waals surface area contributed by atoms with Gasteiger partial charge in [0.05, 0.1) is 17.4 Å². The highest BCUT2D eigenvalue weighted by atomic mass is 32.2. The maximum atomic E-state index is 12.7. The van der Waals surface area contributed by atoms with Crippen molar-refractivity contribution in [3.63, 3.8) is 0 Å². The Morgan fingerprint density at radius 3 is 2.48 bits per heavy atom. The summed E-state index contributed by atoms with van der Waals surface area (Å²) in [4.78, 5) is 12.2. The van der Waals surface area contributed by atoms with Crippen LogP contribution in [0, 0.1) is 0 Å². The number of hydrogen-bond acceptors (Lipinski definition) is 5. The maximum Gasteiger partial charge on any atom is 0.316 e. The Labute approximate surface area is 136 Å². The maximum absolute atomic E-state index is 12.7. The zero-order valence-electron chi connectivity index (χ0n) is 13.4. The van der Waals surface area contributed by atoms with Crippen LogP contribution in [0.1, 0.15) is 25.3 Å². The number of methoxy groups -OCH3 is 1. The van der Waals surface area contributed by atoms with E-state index in [9.17, 15) is 13.2 Å². The predicted molar refractivity (Wildman–Crippen MR) is 85.6 cm³/mol. The molecule has 0 spiro atoms. The van der Waals surface area contributed by atoms with Crippen LogP contribution in [0.4, 0.5) is 0 Å². The molecule has 1 aromatic carbocycles. The van der Waals surface area contributed by atoms with Gasteiger partial charge in [0.1, 0.15) is 0 Å². The van der Waals surface area contributed by atoms with Crippen molar-refractivity contribution in [3.8, 4) is 0 Å². The van der Waals surface area contributed by atoms with Crippen LogP contribution in [0.2, 0.25) is 0 Å². The fourth-order valence-corrected chi connectivity index (χ4v) is 4.67. The number of nitrogens with one attached hydrogen (secondary N) is 1. The molecule has 23 heavy (non-hydrogen) atoms. The van der Waals surface area contributed by atoms with Gasteiger partial charge in [0.15, 0.2) is 0 Å². The van der Waals surface area contributed by atoms with E-state index in [1.54, 1.807) is 24.3 Å². The van der Waals surface area contributed by atoms with E-state index in [0.717, 1.165) is 18.4 Å². The van der Waals surface area contributed by atoms with Crippen LogP contribution in [0.3, 0.4) is 0 Å². The lowest BCUT2D eigenvalue weighted by Gasteiger charge is -2.31. The molecule has 7 heteroatoms. The second-order valence-electron chi connectivity index (χ2n) is 6.32. The Hall–Kier alpha value is -1.44. The van der Waals surface area contributed by atoms with E-state index in [-0.39, 0.29) is 16.9 Å². The first-order valence-electron chi connectivity index (χ1n) is 7.83. The van der Waals surface area contributed by atoms with E-state index < -0.39 is 15.4 Å². The summed E-state index contributed by atoms with van der Waals surface area (Å²) in [6.45, 7) is 3.57. The summed E-state index contributed by atoms with van der Waals surface area (Å²) in [7, 11) is -2.10. The average molecular weight is 338 g/mol. The molecule has 1 N–H and O–H groups in total. The van der Waals surface area contributed by atoms with Crippen molar-refractivity contribution in [3.05, 3.63) is 29.8 Å². The molecule has 0 aromatic heterocycles. The molecule has 6 nitrogen and oxygen atoms in total. The van der Waals surface area contributed by atoms with Crippen molar-refractivity contribution in [1.82, 2.24) is 9.62 Å². The van der Waals surface area contributed by atoms with Gasteiger partial charge in [0.25, 0.3) is 0 Å². The molecule has 2 aliphatic rings. The number of ether oxygens (including phenoxy) is 1. The molecule has 1 aliphatic carbocycles. The fourth-order valence-electron chi connectivity index (χ4n) is 3.14. The molecule has 3 rings (SSSR count). The predicted octanol–water partition coefficient (Wildman–Crippen LogP) is 0.874. The summed E-state index contributed by atoms with van der Waals surface area (Å²) >= 11 is 0. The van der Waals surface area contributed by atoms with Crippen LogP contribution in [0.25, 0.3) is 0 Å². The van der Waals surface area contributed by atoms with Crippen LogP contribution in [-0.4, -0.2) is 51.5 Å². The van der Waals surface area contributed by atoms with Crippen molar-refractivity contribution in [2.75, 3.05) is 26.7 Å². The van der Waals surface area contributed by atoms with Gasteiger partial charge < -0.3 is 10.1 Å². The van der Waals surface area contributed by atoms with Gasteiger partial charge in [-0.2, -0.15) is 4.31 Å². The van der Waals surface area contributed by atoms with E-state index in [0.29, 0.717) is 19.6 Å². The Morgan fingerprint density at radius 1 is 1.30 bits per heavy atom. The van der Waals surface area contributed by atoms with E-state index in [1.807, 2.05) is 6.92 Å². The fraction of sp³-hybridized carbons (Fsp3) is 0.562. The standard InChI is InChI=1S/C16H22N2O4S/c1-12-11-18(10-9-17-12)23(20,21)14-5-3-13(4-6-14)16(7-8-16)15(19)22-2/h3-6,12,17H,7-11H2,1-2H3. The van der Waals surface area contributed by atoms with Gasteiger partial charge in [0, 0.05) is 25.7 Å². The molecule has 2 fully saturated rings. The van der Waals surface area contributed by atoms with Crippen molar-refractivity contribution in [2.24, 2.45) is 0 Å². The Bertz CT molecular complexity index is 695. The number of piperazine rings is 1. The molecule has 0 radical (unpaired) electrons. The van der Waals surface area contributed by atoms with Gasteiger partial charge >= 0.3 is 5.97 Å². The highest BCUT2D eigenvalue weighted by Crippen LogP contribution is 2.49. The lowest BCUT2D eigenvalue weighted by Crippen LogP contribution is -2.51. The van der Waals surface area contributed by atoms with Crippen LogP contribution in [-0.2, 0) is 25.0 Å². The smallest absolute Gasteiger partial charge is 0.316 e. The second kappa shape index (κ2) is 5.89. The van der Waals surface area contributed by atoms with Crippen molar-refractivity contribution < 1.29 is 17.9 Å². The first kappa shape index (κ1) is 16.4. The highest BCUT2D eigenvalue weighted by Gasteiger charge is 2.52. The zero-order chi connectivity index (χ0) is 16.7. The monoisotopic (exact) mass is 338 g/mol. The number of sulfonamides is 1. The molecule has 1 aromatic rings. The third-order valence-electron chi connectivity index (χ3n) is 4.70. The molecular weight excluding hydrogens is 316 g/mol. The van der Waals surface area contributed by atoms with Crippen LogP contribution < -0.4 is 5.32 Å². The van der Waals surface area contributed by atoms with Crippen LogP contribution >= 0.6 is 0 Å². The Kier molecular flexibility index (Phi) is 4.20. The largest absolute Gasteiger partial charge is 0.468 e. The molecule has 0 bridgehead atoms. The molecule has 126 valence electrons. The quantitative estimate of drug-likeness (QED) is 0.825. The van der Waals surface area contributed by atoms with Gasteiger partial charge in [-0.25, -0.2) is 8.42 Å². The van der Waals surface area contributed by atoms with Gasteiger partial charge in [-0.15, -0.1) is 0 Å². The number of nitrogens with zero attached hydrogens (tertiary/aromatic N) is 1. The van der Waals surface area contributed by atoms with Crippen molar-refractivity contribution >= 4 is 16.0 Å². The Morgan fingerprint density at radius 2 is 1.96 bits per heavy atom. The lowest BCUT2D eigenvalue weighted by molar-refractivity contribution is -0.143. The van der Waals surface area contributed by atoms with Crippen LogP contribution in [0.15, 0.2) is 29.2 Å². The topological polar surface area (TPSA) is 75.7 Å². The summed E-state index contributed by atoms with van der Waals surface area (Å²) in [6.07, 6.45) is 1.50. The number of rotatable bonds is 4. The summed E-state index contributed by atoms with van der Waals surface area (Å²) in [6, 6.07) is 6.82. The lowest BCUT2D eigenvalue weighted by atomic mass is 9.96. The second-order valence-corrected chi connectivity index (χ2v) is 8.25. The van der Waals surface area contributed by atoms with Crippen molar-refractivity contribution in [1.29, 1.82) is 0 Å². The summed E-state index contributed by atoms with van der Waals surface area (Å²) < 4.78 is 31.8. The molecule has 1 aliphatic heterocycles. The molecular formula is C16H22N2O4S. The highest BCUT2D eigenvalue weighted by molar-refractivity contribution is 7.89. The third-order valence-corrected chi connectivity index (χ3v) is 6.58. The summed E-state index contributed by atoms with van der Waals surface area (Å²) in [5, 5.41) is 3.23. The van der Waals surface area contributed by atoms with Gasteiger partial charge in [-0.3, -0.25) is 4.79 Å². The minimum absolute atomic E-state index is 0.145. The molecule has 0 amide bonds. The van der Waals surface area contributed by atoms with E-state index in [2.05, 4.69) is 5.32 Å². The van der Waals surface area contributed by atoms with Gasteiger partial charge in [-0.05, 0) is 37.5 Å². The van der Waals surface area contributed by atoms with E-state index in [4.69, 9.17) is 4.74 Å². The zero-order valence-corrected chi connectivity index (χ0v) is 14.2. The molecule has 1 heterocycles. The van der Waals surface area contributed by atoms with Crippen molar-refractivity contribution in [2.45, 2.75) is 36.1 Å². The first-order valence-corrected chi connectivity index (χ1v) is 9.27. The third kappa shape index (κ3) is 2.88. The minimum Gasteiger partial charge on any atom is -0.468 e. The molecule has 1 saturated heterocycles. The molecule has 1 saturated carbocycles. The Balaban J connectivity index is 1.83. The number of carbonyl (C=O) groups is 1. The number of benzene rings is 1. The van der Waals surface area contributed by atoms with E-state index in [1.165, 1.54) is 11.4 Å². The van der Waals surface area contributed by atoms with Gasteiger partial charge in [-0.1, -0.05) is 12.1 Å². The number of carbonyl (C=O) groups excluding carboxylic acids is 1. The first-order chi connectivity index (χ1) is 10.9. The summed E-state index contributed by atoms with van der Waals surface area (Å²) in [5.41, 5.74) is 0.262. The van der Waals surface area contributed by atoms with Crippen LogP contribution in [0.5, 0.6) is 0 Å². The average Bonchev–Trinajstić information content (AvgIpc) is 3.36. The molecule has 1 atom stereocenters. The minimum atomic E-state index is -3.49.